The lowest BCUT2D eigenvalue weighted by molar-refractivity contribution is 0.0190. The smallest absolute Gasteiger partial charge is 0.408 e. The Balaban J connectivity index is 1.97. The first-order valence-electron chi connectivity index (χ1n) is 8.04. The molecule has 2 aromatic rings. The molecule has 0 aliphatic carbocycles. The Morgan fingerprint density at radius 2 is 2.04 bits per heavy atom. The number of alkyl carbamates (subject to hydrolysis) is 1. The molecule has 0 aliphatic rings. The molecule has 136 valence electrons. The molecule has 0 saturated carbocycles. The molecule has 0 spiro atoms. The second-order valence-corrected chi connectivity index (χ2v) is 7.49. The zero-order valence-corrected chi connectivity index (χ0v) is 15.5. The van der Waals surface area contributed by atoms with E-state index in [4.69, 9.17) is 9.47 Å². The van der Waals surface area contributed by atoms with E-state index in [1.54, 1.807) is 32.3 Å². The lowest BCUT2D eigenvalue weighted by atomic mass is 10.1. The van der Waals surface area contributed by atoms with Crippen LogP contribution in [0.3, 0.4) is 0 Å². The summed E-state index contributed by atoms with van der Waals surface area (Å²) in [6.45, 7) is 5.87. The van der Waals surface area contributed by atoms with Crippen LogP contribution in [0.25, 0.3) is 0 Å². The summed E-state index contributed by atoms with van der Waals surface area (Å²) in [6.07, 6.45) is 0.0400. The Morgan fingerprint density at radius 3 is 2.64 bits per heavy atom. The molecule has 0 unspecified atom stereocenters. The Kier molecular flexibility index (Phi) is 6.92. The highest BCUT2D eigenvalue weighted by atomic mass is 32.1. The number of aliphatic hydroxyl groups excluding tert-OH is 1. The van der Waals surface area contributed by atoms with Crippen molar-refractivity contribution in [1.82, 2.24) is 10.3 Å². The monoisotopic (exact) mass is 364 g/mol. The van der Waals surface area contributed by atoms with Crippen molar-refractivity contribution >= 4 is 17.4 Å². The molecule has 2 N–H and O–H groups in total. The molecule has 25 heavy (non-hydrogen) atoms. The third-order valence-electron chi connectivity index (χ3n) is 3.20. The van der Waals surface area contributed by atoms with Gasteiger partial charge in [0.25, 0.3) is 0 Å². The van der Waals surface area contributed by atoms with E-state index in [0.717, 1.165) is 5.56 Å². The van der Waals surface area contributed by atoms with Crippen LogP contribution in [0.2, 0.25) is 0 Å². The van der Waals surface area contributed by atoms with E-state index < -0.39 is 23.8 Å². The van der Waals surface area contributed by atoms with Crippen LogP contribution in [0.15, 0.2) is 41.9 Å². The number of carbonyl (C=O) groups is 1. The normalized spacial score (nSPS) is 13.9. The van der Waals surface area contributed by atoms with Crippen LogP contribution in [0.1, 0.15) is 37.4 Å². The van der Waals surface area contributed by atoms with Crippen LogP contribution < -0.4 is 5.32 Å². The number of amides is 1. The van der Waals surface area contributed by atoms with Crippen LogP contribution in [0.4, 0.5) is 4.79 Å². The minimum Gasteiger partial charge on any atom is -0.444 e. The van der Waals surface area contributed by atoms with Crippen LogP contribution in [0, 0.1) is 0 Å². The van der Waals surface area contributed by atoms with Gasteiger partial charge in [-0.1, -0.05) is 30.3 Å². The molecule has 1 aromatic carbocycles. The molecule has 0 saturated heterocycles. The predicted octanol–water partition coefficient (Wildman–Crippen LogP) is 3.29. The molecule has 1 heterocycles. The maximum Gasteiger partial charge on any atom is 0.408 e. The summed E-state index contributed by atoms with van der Waals surface area (Å²) in [5.41, 5.74) is 0.397. The van der Waals surface area contributed by atoms with Crippen LogP contribution in [-0.4, -0.2) is 34.4 Å². The Bertz CT molecular complexity index is 641. The van der Waals surface area contributed by atoms with E-state index in [2.05, 4.69) is 10.3 Å². The van der Waals surface area contributed by atoms with Gasteiger partial charge in [0.15, 0.2) is 0 Å². The number of benzene rings is 1. The third kappa shape index (κ3) is 6.81. The minimum atomic E-state index is -0.969. The van der Waals surface area contributed by atoms with Gasteiger partial charge in [0, 0.05) is 11.6 Å². The largest absolute Gasteiger partial charge is 0.444 e. The quantitative estimate of drug-likeness (QED) is 0.788. The first-order valence-corrected chi connectivity index (χ1v) is 8.92. The van der Waals surface area contributed by atoms with Gasteiger partial charge < -0.3 is 19.9 Å². The summed E-state index contributed by atoms with van der Waals surface area (Å²) < 4.78 is 10.9. The number of rotatable bonds is 7. The van der Waals surface area contributed by atoms with Crippen molar-refractivity contribution in [3.05, 3.63) is 52.5 Å². The summed E-state index contributed by atoms with van der Waals surface area (Å²) in [6, 6.07) is 9.03. The summed E-state index contributed by atoms with van der Waals surface area (Å²) in [7, 11) is 0. The maximum atomic E-state index is 12.1. The third-order valence-corrected chi connectivity index (χ3v) is 4.04. The van der Waals surface area contributed by atoms with E-state index in [0.29, 0.717) is 11.6 Å². The number of hydrogen-bond acceptors (Lipinski definition) is 6. The summed E-state index contributed by atoms with van der Waals surface area (Å²) in [5, 5.41) is 15.5. The van der Waals surface area contributed by atoms with E-state index in [1.165, 1.54) is 11.3 Å². The molecule has 0 fully saturated rings. The number of thiazole rings is 1. The average Bonchev–Trinajstić information content (AvgIpc) is 3.07. The van der Waals surface area contributed by atoms with Crippen molar-refractivity contribution in [2.45, 2.75) is 45.1 Å². The lowest BCUT2D eigenvalue weighted by Gasteiger charge is -2.25. The van der Waals surface area contributed by atoms with E-state index in [-0.39, 0.29) is 6.61 Å². The Morgan fingerprint density at radius 1 is 1.32 bits per heavy atom. The van der Waals surface area contributed by atoms with Crippen LogP contribution in [0.5, 0.6) is 0 Å². The average molecular weight is 364 g/mol. The molecule has 0 bridgehead atoms. The highest BCUT2D eigenvalue weighted by Crippen LogP contribution is 2.20. The fourth-order valence-corrected chi connectivity index (χ4v) is 2.79. The van der Waals surface area contributed by atoms with Gasteiger partial charge >= 0.3 is 6.09 Å². The minimum absolute atomic E-state index is 0.134. The predicted molar refractivity (Wildman–Crippen MR) is 96.3 cm³/mol. The van der Waals surface area contributed by atoms with Gasteiger partial charge in [-0.25, -0.2) is 9.78 Å². The number of aliphatic hydroxyl groups is 1. The summed E-state index contributed by atoms with van der Waals surface area (Å²) >= 11 is 1.32. The topological polar surface area (TPSA) is 80.7 Å². The van der Waals surface area contributed by atoms with Gasteiger partial charge in [-0.2, -0.15) is 0 Å². The van der Waals surface area contributed by atoms with Crippen molar-refractivity contribution in [3.8, 4) is 0 Å². The van der Waals surface area contributed by atoms with Gasteiger partial charge in [-0.15, -0.1) is 11.3 Å². The van der Waals surface area contributed by atoms with E-state index in [1.807, 2.05) is 30.3 Å². The van der Waals surface area contributed by atoms with Crippen molar-refractivity contribution in [3.63, 3.8) is 0 Å². The first kappa shape index (κ1) is 19.4. The van der Waals surface area contributed by atoms with Gasteiger partial charge in [0.1, 0.15) is 16.7 Å². The number of aromatic nitrogens is 1. The molecule has 7 heteroatoms. The van der Waals surface area contributed by atoms with Gasteiger partial charge in [-0.3, -0.25) is 0 Å². The molecular formula is C18H24N2O4S. The second-order valence-electron chi connectivity index (χ2n) is 6.57. The molecule has 2 rings (SSSR count). The van der Waals surface area contributed by atoms with Gasteiger partial charge in [0.05, 0.1) is 19.3 Å². The standard InChI is InChI=1S/C18H24N2O4S/c1-18(2,3)24-17(22)20-14(15(21)16-19-9-10-25-16)12-23-11-13-7-5-4-6-8-13/h4-10,14-15,21H,11-12H2,1-3H3,(H,20,22)/t14-,15+/m0/s1. The second kappa shape index (κ2) is 8.94. The number of nitrogens with zero attached hydrogens (tertiary/aromatic N) is 1. The SMILES string of the molecule is CC(C)(C)OC(=O)N[C@@H](COCc1ccccc1)[C@@H](O)c1nccs1. The zero-order valence-electron chi connectivity index (χ0n) is 14.6. The zero-order chi connectivity index (χ0) is 18.3. The lowest BCUT2D eigenvalue weighted by Crippen LogP contribution is -2.44. The Labute approximate surface area is 151 Å². The Hall–Kier alpha value is -1.96. The highest BCUT2D eigenvalue weighted by molar-refractivity contribution is 7.09. The molecule has 0 radical (unpaired) electrons. The first-order chi connectivity index (χ1) is 11.8. The van der Waals surface area contributed by atoms with E-state index >= 15 is 0 Å². The number of nitrogens with one attached hydrogen (secondary N) is 1. The molecule has 1 amide bonds. The fourth-order valence-electron chi connectivity index (χ4n) is 2.10. The summed E-state index contributed by atoms with van der Waals surface area (Å²) in [5.74, 6) is 0. The van der Waals surface area contributed by atoms with Crippen molar-refractivity contribution < 1.29 is 19.4 Å². The molecule has 6 nitrogen and oxygen atoms in total. The van der Waals surface area contributed by atoms with E-state index in [9.17, 15) is 9.90 Å². The van der Waals surface area contributed by atoms with Gasteiger partial charge in [0.2, 0.25) is 0 Å². The van der Waals surface area contributed by atoms with Crippen molar-refractivity contribution in [2.24, 2.45) is 0 Å². The van der Waals surface area contributed by atoms with Crippen LogP contribution >= 0.6 is 11.3 Å². The summed E-state index contributed by atoms with van der Waals surface area (Å²) in [4.78, 5) is 16.2. The van der Waals surface area contributed by atoms with Crippen LogP contribution in [-0.2, 0) is 16.1 Å². The van der Waals surface area contributed by atoms with Crippen molar-refractivity contribution in [1.29, 1.82) is 0 Å². The fraction of sp³-hybridized carbons (Fsp3) is 0.444. The molecule has 1 aromatic heterocycles. The number of carbonyl (C=O) groups excluding carboxylic acids is 1. The molecule has 0 aliphatic heterocycles. The maximum absolute atomic E-state index is 12.1. The molecular weight excluding hydrogens is 340 g/mol. The number of ether oxygens (including phenoxy) is 2. The molecule has 2 atom stereocenters. The number of hydrogen-bond donors (Lipinski definition) is 2. The van der Waals surface area contributed by atoms with Gasteiger partial charge in [-0.05, 0) is 26.3 Å². The highest BCUT2D eigenvalue weighted by Gasteiger charge is 2.27. The van der Waals surface area contributed by atoms with Crippen molar-refractivity contribution in [2.75, 3.05) is 6.61 Å².